The van der Waals surface area contributed by atoms with E-state index in [2.05, 4.69) is 4.98 Å². The van der Waals surface area contributed by atoms with Crippen LogP contribution in [0, 0.1) is 0 Å². The molecule has 0 atom stereocenters. The minimum atomic E-state index is -0.433. The van der Waals surface area contributed by atoms with Crippen molar-refractivity contribution in [3.63, 3.8) is 0 Å². The highest BCUT2D eigenvalue weighted by Gasteiger charge is 2.50. The van der Waals surface area contributed by atoms with Gasteiger partial charge in [0.25, 0.3) is 0 Å². The quantitative estimate of drug-likeness (QED) is 0.785. The van der Waals surface area contributed by atoms with Gasteiger partial charge >= 0.3 is 0 Å². The Morgan fingerprint density at radius 3 is 2.42 bits per heavy atom. The summed E-state index contributed by atoms with van der Waals surface area (Å²) in [6.07, 6.45) is 0.249. The maximum atomic E-state index is 7.60. The summed E-state index contributed by atoms with van der Waals surface area (Å²) in [6, 6.07) is 9.22. The molecule has 1 aliphatic rings. The van der Waals surface area contributed by atoms with Gasteiger partial charge in [0.2, 0.25) is 0 Å². The highest BCUT2D eigenvalue weighted by molar-refractivity contribution is 5.90. The molecule has 4 heteroatoms. The summed E-state index contributed by atoms with van der Waals surface area (Å²) >= 11 is 0. The number of pyridine rings is 1. The van der Waals surface area contributed by atoms with Gasteiger partial charge in [-0.05, 0) is 52.0 Å². The van der Waals surface area contributed by atoms with Crippen molar-refractivity contribution in [1.82, 2.24) is 4.98 Å². The summed E-state index contributed by atoms with van der Waals surface area (Å²) < 4.78 is 7.60. The Hall–Kier alpha value is -1.65. The molecule has 2 heterocycles. The fourth-order valence-corrected chi connectivity index (χ4v) is 1.95. The average molecular weight is 259 g/mol. The van der Waals surface area contributed by atoms with E-state index in [1.54, 1.807) is 6.07 Å². The number of fused-ring (bicyclic) bond motifs is 1. The summed E-state index contributed by atoms with van der Waals surface area (Å²) in [7, 11) is 0. The van der Waals surface area contributed by atoms with Gasteiger partial charge in [-0.3, -0.25) is 4.98 Å². The Morgan fingerprint density at radius 1 is 1.05 bits per heavy atom. The van der Waals surface area contributed by atoms with Crippen molar-refractivity contribution in [2.75, 3.05) is 5.23 Å². The molecule has 1 aromatic carbocycles. The van der Waals surface area contributed by atoms with Crippen LogP contribution in [0.2, 0.25) is 0 Å². The first-order valence-corrected chi connectivity index (χ1v) is 6.35. The number of nitrogens with zero attached hydrogens (tertiary/aromatic N) is 2. The van der Waals surface area contributed by atoms with E-state index in [-0.39, 0.29) is 6.17 Å². The van der Waals surface area contributed by atoms with E-state index in [0.717, 1.165) is 16.6 Å². The third-order valence-corrected chi connectivity index (χ3v) is 3.84. The fraction of sp³-hybridized carbons (Fsp3) is 0.400. The van der Waals surface area contributed by atoms with E-state index in [1.807, 2.05) is 52.0 Å². The molecule has 100 valence electrons. The van der Waals surface area contributed by atoms with E-state index in [0.29, 0.717) is 0 Å². The van der Waals surface area contributed by atoms with Crippen molar-refractivity contribution in [2.45, 2.75) is 38.9 Å². The number of rotatable bonds is 1. The SMILES string of the molecule is [2H]c1ccc2c(N3OC(C)(C)C(C)(C)O3)cccc2n1. The largest absolute Gasteiger partial charge is 0.256 e. The minimum Gasteiger partial charge on any atom is -0.256 e. The standard InChI is InChI=1S/C15H18N2O2/c1-14(2)15(3,4)19-17(18-14)13-9-5-8-12-11(13)7-6-10-16-12/h5-10H,1-4H3/i10D. The summed E-state index contributed by atoms with van der Waals surface area (Å²) in [5.74, 6) is 0. The molecule has 1 aromatic heterocycles. The minimum absolute atomic E-state index is 0.249. The van der Waals surface area contributed by atoms with Crippen molar-refractivity contribution in [3.8, 4) is 0 Å². The molecule has 0 aliphatic carbocycles. The van der Waals surface area contributed by atoms with Gasteiger partial charge in [0, 0.05) is 11.6 Å². The molecule has 0 N–H and O–H groups in total. The zero-order valence-electron chi connectivity index (χ0n) is 12.6. The number of hydrogen-bond acceptors (Lipinski definition) is 4. The molecule has 3 rings (SSSR count). The fourth-order valence-electron chi connectivity index (χ4n) is 1.95. The van der Waals surface area contributed by atoms with Crippen LogP contribution in [0.4, 0.5) is 5.69 Å². The van der Waals surface area contributed by atoms with E-state index in [9.17, 15) is 0 Å². The third-order valence-electron chi connectivity index (χ3n) is 3.84. The molecular weight excluding hydrogens is 240 g/mol. The van der Waals surface area contributed by atoms with Gasteiger partial charge in [-0.1, -0.05) is 6.07 Å². The lowest BCUT2D eigenvalue weighted by Gasteiger charge is -2.26. The van der Waals surface area contributed by atoms with Crippen LogP contribution in [0.25, 0.3) is 10.9 Å². The summed E-state index contributed by atoms with van der Waals surface area (Å²) in [5.41, 5.74) is 0.689. The Morgan fingerprint density at radius 2 is 1.74 bits per heavy atom. The molecule has 1 saturated heterocycles. The molecule has 1 fully saturated rings. The lowest BCUT2D eigenvalue weighted by atomic mass is 9.90. The molecule has 0 bridgehead atoms. The highest BCUT2D eigenvalue weighted by atomic mass is 17.0. The smallest absolute Gasteiger partial charge is 0.124 e. The van der Waals surface area contributed by atoms with Crippen molar-refractivity contribution in [1.29, 1.82) is 0 Å². The highest BCUT2D eigenvalue weighted by Crippen LogP contribution is 2.41. The first-order chi connectivity index (χ1) is 9.30. The van der Waals surface area contributed by atoms with Gasteiger partial charge < -0.3 is 0 Å². The van der Waals surface area contributed by atoms with Gasteiger partial charge in [-0.2, -0.15) is 0 Å². The summed E-state index contributed by atoms with van der Waals surface area (Å²) in [6.45, 7) is 7.99. The second-order valence-corrected chi connectivity index (χ2v) is 5.74. The van der Waals surface area contributed by atoms with Gasteiger partial charge in [0.1, 0.15) is 16.9 Å². The second-order valence-electron chi connectivity index (χ2n) is 5.74. The molecule has 0 saturated carbocycles. The molecule has 1 aliphatic heterocycles. The van der Waals surface area contributed by atoms with E-state index in [4.69, 9.17) is 11.0 Å². The molecule has 0 unspecified atom stereocenters. The average Bonchev–Trinajstić information content (AvgIpc) is 2.57. The van der Waals surface area contributed by atoms with Crippen LogP contribution in [-0.4, -0.2) is 16.2 Å². The Balaban J connectivity index is 2.08. The lowest BCUT2D eigenvalue weighted by molar-refractivity contribution is -0.0266. The first-order valence-electron chi connectivity index (χ1n) is 6.85. The van der Waals surface area contributed by atoms with Gasteiger partial charge in [-0.15, -0.1) is 5.23 Å². The van der Waals surface area contributed by atoms with Crippen LogP contribution < -0.4 is 5.23 Å². The Bertz CT molecular complexity index is 654. The van der Waals surface area contributed by atoms with Crippen molar-refractivity contribution in [2.24, 2.45) is 0 Å². The molecule has 4 nitrogen and oxygen atoms in total. The molecule has 2 aromatic rings. The van der Waals surface area contributed by atoms with Crippen molar-refractivity contribution >= 4 is 16.6 Å². The molecule has 0 radical (unpaired) electrons. The van der Waals surface area contributed by atoms with Gasteiger partial charge in [0.15, 0.2) is 0 Å². The van der Waals surface area contributed by atoms with Gasteiger partial charge in [0.05, 0.1) is 6.89 Å². The molecule has 0 spiro atoms. The first kappa shape index (κ1) is 11.2. The summed E-state index contributed by atoms with van der Waals surface area (Å²) in [4.78, 5) is 16.1. The zero-order valence-corrected chi connectivity index (χ0v) is 11.6. The maximum absolute atomic E-state index is 7.60. The number of aromatic nitrogens is 1. The van der Waals surface area contributed by atoms with Crippen molar-refractivity contribution < 1.29 is 11.0 Å². The molecule has 19 heavy (non-hydrogen) atoms. The van der Waals surface area contributed by atoms with Crippen LogP contribution in [0.1, 0.15) is 29.1 Å². The summed E-state index contributed by atoms with van der Waals surface area (Å²) in [5, 5.41) is 2.37. The van der Waals surface area contributed by atoms with Crippen LogP contribution in [0.5, 0.6) is 0 Å². The lowest BCUT2D eigenvalue weighted by Crippen LogP contribution is -2.41. The van der Waals surface area contributed by atoms with E-state index >= 15 is 0 Å². The normalized spacial score (nSPS) is 21.7. The Kier molecular flexibility index (Phi) is 2.31. The maximum Gasteiger partial charge on any atom is 0.124 e. The van der Waals surface area contributed by atoms with E-state index in [1.165, 1.54) is 5.23 Å². The van der Waals surface area contributed by atoms with E-state index < -0.39 is 11.2 Å². The topological polar surface area (TPSA) is 34.6 Å². The predicted octanol–water partition coefficient (Wildman–Crippen LogP) is 3.48. The monoisotopic (exact) mass is 259 g/mol. The van der Waals surface area contributed by atoms with Crippen molar-refractivity contribution in [3.05, 3.63) is 36.5 Å². The number of hydrogen-bond donors (Lipinski definition) is 0. The Labute approximate surface area is 114 Å². The molecule has 0 amide bonds. The predicted molar refractivity (Wildman–Crippen MR) is 74.6 cm³/mol. The molecular formula is C15H18N2O2. The van der Waals surface area contributed by atoms with Gasteiger partial charge in [-0.25, -0.2) is 9.68 Å². The second kappa shape index (κ2) is 3.92. The number of anilines is 1. The van der Waals surface area contributed by atoms with Crippen LogP contribution >= 0.6 is 0 Å². The third kappa shape index (κ3) is 1.88. The number of benzene rings is 1. The zero-order chi connectivity index (χ0) is 14.5. The van der Waals surface area contributed by atoms with Crippen LogP contribution in [-0.2, 0) is 9.68 Å². The van der Waals surface area contributed by atoms with Crippen LogP contribution in [0.3, 0.4) is 0 Å². The van der Waals surface area contributed by atoms with Crippen LogP contribution in [0.15, 0.2) is 36.5 Å².